The highest BCUT2D eigenvalue weighted by molar-refractivity contribution is 5.82. The van der Waals surface area contributed by atoms with E-state index < -0.39 is 0 Å². The molecule has 24 heavy (non-hydrogen) atoms. The second kappa shape index (κ2) is 8.55. The molecule has 0 aliphatic carbocycles. The number of rotatable bonds is 7. The number of carbonyl (C=O) groups is 1. The third kappa shape index (κ3) is 4.53. The predicted molar refractivity (Wildman–Crippen MR) is 91.4 cm³/mol. The Morgan fingerprint density at radius 2 is 2.00 bits per heavy atom. The topological polar surface area (TPSA) is 64.6 Å². The van der Waals surface area contributed by atoms with Crippen molar-refractivity contribution in [2.75, 3.05) is 6.61 Å². The average Bonchev–Trinajstić information content (AvgIpc) is 3.06. The minimum absolute atomic E-state index is 0.0316. The van der Waals surface area contributed by atoms with Crippen LogP contribution in [0.5, 0.6) is 0 Å². The number of aliphatic hydroxyl groups is 1. The van der Waals surface area contributed by atoms with Gasteiger partial charge in [0, 0.05) is 12.6 Å². The molecule has 5 nitrogen and oxygen atoms in total. The summed E-state index contributed by atoms with van der Waals surface area (Å²) in [5, 5.41) is 9.66. The molecule has 1 amide bonds. The lowest BCUT2D eigenvalue weighted by Crippen LogP contribution is -2.50. The van der Waals surface area contributed by atoms with Crippen molar-refractivity contribution in [2.24, 2.45) is 5.92 Å². The summed E-state index contributed by atoms with van der Waals surface area (Å²) in [6, 6.07) is 5.83. The molecule has 134 valence electrons. The van der Waals surface area contributed by atoms with E-state index in [2.05, 4.69) is 24.7 Å². The van der Waals surface area contributed by atoms with Crippen LogP contribution in [0.3, 0.4) is 0 Å². The van der Waals surface area contributed by atoms with Gasteiger partial charge in [-0.1, -0.05) is 32.9 Å². The fourth-order valence-electron chi connectivity index (χ4n) is 3.00. The van der Waals surface area contributed by atoms with Crippen molar-refractivity contribution in [2.45, 2.75) is 58.3 Å². The van der Waals surface area contributed by atoms with Crippen molar-refractivity contribution in [1.29, 1.82) is 0 Å². The number of carbonyl (C=O) groups excluding carboxylic acids is 1. The zero-order chi connectivity index (χ0) is 17.7. The molecule has 1 aliphatic heterocycles. The Kier molecular flexibility index (Phi) is 6.71. The van der Waals surface area contributed by atoms with E-state index in [1.807, 2.05) is 6.92 Å². The van der Waals surface area contributed by atoms with Gasteiger partial charge < -0.3 is 10.0 Å². The van der Waals surface area contributed by atoms with Crippen LogP contribution in [0, 0.1) is 11.7 Å². The number of hydrogen-bond acceptors (Lipinski definition) is 4. The molecule has 6 heteroatoms. The molecule has 2 rings (SSSR count). The maximum absolute atomic E-state index is 13.1. The van der Waals surface area contributed by atoms with Gasteiger partial charge in [0.2, 0.25) is 5.91 Å². The highest BCUT2D eigenvalue weighted by atomic mass is 19.1. The number of hydrazine groups is 1. The molecule has 1 aliphatic rings. The lowest BCUT2D eigenvalue weighted by molar-refractivity contribution is -0.137. The second-order valence-electron chi connectivity index (χ2n) is 6.76. The SMILES string of the molecule is CCC(CO)N(Cc1ccc(F)cc1)C(=O)C1CC(C(C)C)NN1. The van der Waals surface area contributed by atoms with Gasteiger partial charge in [-0.2, -0.15) is 0 Å². The molecular weight excluding hydrogens is 309 g/mol. The van der Waals surface area contributed by atoms with Gasteiger partial charge in [-0.15, -0.1) is 0 Å². The minimum Gasteiger partial charge on any atom is -0.394 e. The molecule has 3 atom stereocenters. The summed E-state index contributed by atoms with van der Waals surface area (Å²) in [6.07, 6.45) is 1.38. The number of nitrogens with zero attached hydrogens (tertiary/aromatic N) is 1. The third-order valence-electron chi connectivity index (χ3n) is 4.71. The van der Waals surface area contributed by atoms with Gasteiger partial charge in [-0.05, 0) is 36.5 Å². The number of nitrogens with one attached hydrogen (secondary N) is 2. The number of halogens is 1. The normalized spacial score (nSPS) is 21.9. The van der Waals surface area contributed by atoms with E-state index in [-0.39, 0.29) is 36.5 Å². The van der Waals surface area contributed by atoms with Crippen LogP contribution in [0.25, 0.3) is 0 Å². The second-order valence-corrected chi connectivity index (χ2v) is 6.76. The first kappa shape index (κ1) is 18.8. The first-order valence-corrected chi connectivity index (χ1v) is 8.63. The molecule has 1 heterocycles. The monoisotopic (exact) mass is 337 g/mol. The average molecular weight is 337 g/mol. The van der Waals surface area contributed by atoms with Gasteiger partial charge >= 0.3 is 0 Å². The quantitative estimate of drug-likeness (QED) is 0.710. The maximum Gasteiger partial charge on any atom is 0.241 e. The Bertz CT molecular complexity index is 532. The van der Waals surface area contributed by atoms with Gasteiger partial charge in [0.25, 0.3) is 0 Å². The van der Waals surface area contributed by atoms with Crippen molar-refractivity contribution in [3.63, 3.8) is 0 Å². The van der Waals surface area contributed by atoms with Crippen LogP contribution in [0.4, 0.5) is 4.39 Å². The highest BCUT2D eigenvalue weighted by Crippen LogP contribution is 2.19. The van der Waals surface area contributed by atoms with Crippen LogP contribution < -0.4 is 10.9 Å². The predicted octanol–water partition coefficient (Wildman–Crippen LogP) is 1.82. The van der Waals surface area contributed by atoms with E-state index in [4.69, 9.17) is 0 Å². The molecule has 3 N–H and O–H groups in total. The zero-order valence-electron chi connectivity index (χ0n) is 14.6. The first-order chi connectivity index (χ1) is 11.5. The minimum atomic E-state index is -0.307. The van der Waals surface area contributed by atoms with E-state index in [0.717, 1.165) is 12.0 Å². The Hall–Kier alpha value is -1.50. The molecule has 1 aromatic rings. The fraction of sp³-hybridized carbons (Fsp3) is 0.611. The van der Waals surface area contributed by atoms with E-state index in [0.29, 0.717) is 18.9 Å². The molecule has 0 bridgehead atoms. The molecule has 0 saturated carbocycles. The summed E-state index contributed by atoms with van der Waals surface area (Å²) in [5.41, 5.74) is 7.11. The molecule has 1 fully saturated rings. The zero-order valence-corrected chi connectivity index (χ0v) is 14.6. The largest absolute Gasteiger partial charge is 0.394 e. The maximum atomic E-state index is 13.1. The highest BCUT2D eigenvalue weighted by Gasteiger charge is 2.35. The van der Waals surface area contributed by atoms with Crippen LogP contribution in [0.1, 0.15) is 39.2 Å². The lowest BCUT2D eigenvalue weighted by atomic mass is 9.98. The third-order valence-corrected chi connectivity index (χ3v) is 4.71. The van der Waals surface area contributed by atoms with Crippen molar-refractivity contribution < 1.29 is 14.3 Å². The van der Waals surface area contributed by atoms with Gasteiger partial charge in [-0.25, -0.2) is 9.82 Å². The summed E-state index contributed by atoms with van der Waals surface area (Å²) in [7, 11) is 0. The van der Waals surface area contributed by atoms with E-state index in [1.165, 1.54) is 12.1 Å². The van der Waals surface area contributed by atoms with Gasteiger partial charge in [0.05, 0.1) is 12.6 Å². The van der Waals surface area contributed by atoms with Gasteiger partial charge in [-0.3, -0.25) is 10.2 Å². The molecule has 3 unspecified atom stereocenters. The van der Waals surface area contributed by atoms with Crippen LogP contribution >= 0.6 is 0 Å². The Labute approximate surface area is 143 Å². The number of benzene rings is 1. The van der Waals surface area contributed by atoms with Gasteiger partial charge in [0.15, 0.2) is 0 Å². The van der Waals surface area contributed by atoms with Crippen LogP contribution in [0.15, 0.2) is 24.3 Å². The summed E-state index contributed by atoms with van der Waals surface area (Å²) in [4.78, 5) is 14.7. The number of aliphatic hydroxyl groups excluding tert-OH is 1. The molecule has 0 spiro atoms. The first-order valence-electron chi connectivity index (χ1n) is 8.63. The Morgan fingerprint density at radius 3 is 2.50 bits per heavy atom. The Morgan fingerprint density at radius 1 is 1.33 bits per heavy atom. The standard InChI is InChI=1S/C18H28FN3O2/c1-4-15(11-23)22(10-13-5-7-14(19)8-6-13)18(24)17-9-16(12(2)3)20-21-17/h5-8,12,15-17,20-21,23H,4,9-11H2,1-3H3. The van der Waals surface area contributed by atoms with Crippen LogP contribution in [-0.4, -0.2) is 40.6 Å². The molecule has 0 aromatic heterocycles. The molecule has 1 saturated heterocycles. The summed E-state index contributed by atoms with van der Waals surface area (Å²) >= 11 is 0. The number of amides is 1. The van der Waals surface area contributed by atoms with Crippen molar-refractivity contribution in [3.05, 3.63) is 35.6 Å². The summed E-state index contributed by atoms with van der Waals surface area (Å²) in [6.45, 7) is 6.46. The van der Waals surface area contributed by atoms with E-state index in [1.54, 1.807) is 17.0 Å². The lowest BCUT2D eigenvalue weighted by Gasteiger charge is -2.32. The molecular formula is C18H28FN3O2. The van der Waals surface area contributed by atoms with Crippen molar-refractivity contribution in [1.82, 2.24) is 15.8 Å². The van der Waals surface area contributed by atoms with Gasteiger partial charge in [0.1, 0.15) is 11.9 Å². The molecule has 0 radical (unpaired) electrons. The van der Waals surface area contributed by atoms with Crippen molar-refractivity contribution >= 4 is 5.91 Å². The van der Waals surface area contributed by atoms with Crippen LogP contribution in [0.2, 0.25) is 0 Å². The van der Waals surface area contributed by atoms with E-state index >= 15 is 0 Å². The summed E-state index contributed by atoms with van der Waals surface area (Å²) < 4.78 is 13.1. The molecule has 1 aromatic carbocycles. The Balaban J connectivity index is 2.13. The fourth-order valence-corrected chi connectivity index (χ4v) is 3.00. The number of hydrogen-bond donors (Lipinski definition) is 3. The van der Waals surface area contributed by atoms with E-state index in [9.17, 15) is 14.3 Å². The van der Waals surface area contributed by atoms with Crippen molar-refractivity contribution in [3.8, 4) is 0 Å². The summed E-state index contributed by atoms with van der Waals surface area (Å²) in [5.74, 6) is 0.101. The van der Waals surface area contributed by atoms with Crippen LogP contribution in [-0.2, 0) is 11.3 Å². The smallest absolute Gasteiger partial charge is 0.241 e.